The lowest BCUT2D eigenvalue weighted by Crippen LogP contribution is -2.37. The number of amides is 1. The number of ether oxygens (including phenoxy) is 3. The lowest BCUT2D eigenvalue weighted by atomic mass is 10.1. The molecule has 0 spiro atoms. The summed E-state index contributed by atoms with van der Waals surface area (Å²) in [5, 5.41) is 4.24. The smallest absolute Gasteiger partial charge is 0.237 e. The highest BCUT2D eigenvalue weighted by Crippen LogP contribution is 2.28. The van der Waals surface area contributed by atoms with Crippen LogP contribution in [0.2, 0.25) is 0 Å². The Kier molecular flexibility index (Phi) is 7.76. The third-order valence-corrected chi connectivity index (χ3v) is 5.82. The van der Waals surface area contributed by atoms with Gasteiger partial charge >= 0.3 is 0 Å². The molecule has 1 atom stereocenters. The van der Waals surface area contributed by atoms with Crippen molar-refractivity contribution in [2.45, 2.75) is 25.8 Å². The molecule has 0 radical (unpaired) electrons. The summed E-state index contributed by atoms with van der Waals surface area (Å²) in [6.45, 7) is 3.03. The van der Waals surface area contributed by atoms with E-state index in [1.807, 2.05) is 48.5 Å². The summed E-state index contributed by atoms with van der Waals surface area (Å²) in [7, 11) is 5.11. The van der Waals surface area contributed by atoms with Gasteiger partial charge in [0.1, 0.15) is 0 Å². The van der Waals surface area contributed by atoms with Crippen molar-refractivity contribution in [2.24, 2.45) is 7.05 Å². The monoisotopic (exact) mass is 465 g/mol. The first-order valence-corrected chi connectivity index (χ1v) is 11.2. The van der Waals surface area contributed by atoms with Crippen LogP contribution in [0.5, 0.6) is 11.5 Å². The van der Waals surface area contributed by atoms with E-state index in [-0.39, 0.29) is 12.0 Å². The summed E-state index contributed by atoms with van der Waals surface area (Å²) in [5.74, 6) is 1.42. The van der Waals surface area contributed by atoms with Crippen LogP contribution in [0.15, 0.2) is 55.1 Å². The zero-order valence-electron chi connectivity index (χ0n) is 19.9. The molecule has 34 heavy (non-hydrogen) atoms. The molecule has 180 valence electrons. The van der Waals surface area contributed by atoms with Crippen LogP contribution in [-0.2, 0) is 36.3 Å². The summed E-state index contributed by atoms with van der Waals surface area (Å²) < 4.78 is 18.8. The van der Waals surface area contributed by atoms with E-state index < -0.39 is 0 Å². The van der Waals surface area contributed by atoms with Gasteiger partial charge in [-0.1, -0.05) is 6.07 Å². The second-order valence-corrected chi connectivity index (χ2v) is 8.44. The number of aromatic nitrogens is 3. The number of methoxy groups -OCH3 is 2. The van der Waals surface area contributed by atoms with E-state index in [0.29, 0.717) is 50.8 Å². The van der Waals surface area contributed by atoms with E-state index in [9.17, 15) is 4.79 Å². The topological polar surface area (TPSA) is 82.0 Å². The molecule has 3 heterocycles. The third kappa shape index (κ3) is 6.12. The van der Waals surface area contributed by atoms with Crippen molar-refractivity contribution in [2.75, 3.05) is 33.9 Å². The number of hydrogen-bond acceptors (Lipinski definition) is 7. The Morgan fingerprint density at radius 2 is 1.76 bits per heavy atom. The molecule has 9 heteroatoms. The predicted octanol–water partition coefficient (Wildman–Crippen LogP) is 2.26. The maximum Gasteiger partial charge on any atom is 0.237 e. The highest BCUT2D eigenvalue weighted by molar-refractivity contribution is 5.78. The van der Waals surface area contributed by atoms with Gasteiger partial charge in [0.25, 0.3) is 0 Å². The number of nitrogens with zero attached hydrogens (tertiary/aromatic N) is 5. The van der Waals surface area contributed by atoms with Crippen molar-refractivity contribution in [3.8, 4) is 11.5 Å². The van der Waals surface area contributed by atoms with Crippen LogP contribution in [0, 0.1) is 0 Å². The van der Waals surface area contributed by atoms with Crippen molar-refractivity contribution in [1.82, 2.24) is 24.6 Å². The molecule has 2 aromatic heterocycles. The average Bonchev–Trinajstić information content (AvgIpc) is 3.20. The quantitative estimate of drug-likeness (QED) is 0.479. The second kappa shape index (κ2) is 11.1. The predicted molar refractivity (Wildman–Crippen MR) is 126 cm³/mol. The number of benzene rings is 1. The first kappa shape index (κ1) is 23.7. The lowest BCUT2D eigenvalue weighted by molar-refractivity contribution is -0.132. The third-order valence-electron chi connectivity index (χ3n) is 5.82. The molecule has 0 saturated carbocycles. The van der Waals surface area contributed by atoms with Gasteiger partial charge in [0, 0.05) is 57.4 Å². The molecule has 0 aliphatic carbocycles. The van der Waals surface area contributed by atoms with Crippen LogP contribution in [0.4, 0.5) is 0 Å². The van der Waals surface area contributed by atoms with Crippen LogP contribution < -0.4 is 9.47 Å². The number of hydrogen-bond donors (Lipinski definition) is 0. The molecule has 3 aromatic rings. The van der Waals surface area contributed by atoms with Crippen molar-refractivity contribution < 1.29 is 19.0 Å². The van der Waals surface area contributed by atoms with Crippen LogP contribution in [0.25, 0.3) is 0 Å². The van der Waals surface area contributed by atoms with Gasteiger partial charge in [0.15, 0.2) is 11.5 Å². The standard InChI is InChI=1S/C25H31N5O4/c1-28-12-21(11-27-28)14-30-16-22(34-18-19-6-8-26-9-7-19)15-29(17-25(30)31)13-20-4-5-23(32-2)24(10-20)33-3/h4-12,22H,13-18H2,1-3H3. The van der Waals surface area contributed by atoms with E-state index in [0.717, 1.165) is 16.7 Å². The second-order valence-electron chi connectivity index (χ2n) is 8.44. The Bertz CT molecular complexity index is 1090. The Hall–Kier alpha value is -3.43. The van der Waals surface area contributed by atoms with Gasteiger partial charge in [-0.3, -0.25) is 19.4 Å². The van der Waals surface area contributed by atoms with Gasteiger partial charge < -0.3 is 19.1 Å². The fraction of sp³-hybridized carbons (Fsp3) is 0.400. The zero-order valence-corrected chi connectivity index (χ0v) is 19.9. The first-order valence-electron chi connectivity index (χ1n) is 11.2. The molecule has 1 fully saturated rings. The summed E-state index contributed by atoms with van der Waals surface area (Å²) in [6, 6.07) is 9.72. The average molecular weight is 466 g/mol. The SMILES string of the molecule is COc1ccc(CN2CC(=O)N(Cc3cnn(C)c3)CC(OCc3ccncc3)C2)cc1OC. The van der Waals surface area contributed by atoms with Crippen LogP contribution in [0.1, 0.15) is 16.7 Å². The molecular formula is C25H31N5O4. The normalized spacial score (nSPS) is 17.0. The molecule has 1 aromatic carbocycles. The van der Waals surface area contributed by atoms with E-state index in [4.69, 9.17) is 14.2 Å². The lowest BCUT2D eigenvalue weighted by Gasteiger charge is -2.25. The Morgan fingerprint density at radius 1 is 0.971 bits per heavy atom. The molecule has 1 aliphatic heterocycles. The largest absolute Gasteiger partial charge is 0.493 e. The Labute approximate surface area is 199 Å². The molecule has 1 amide bonds. The maximum atomic E-state index is 13.2. The van der Waals surface area contributed by atoms with Gasteiger partial charge in [-0.15, -0.1) is 0 Å². The van der Waals surface area contributed by atoms with Crippen molar-refractivity contribution in [1.29, 1.82) is 0 Å². The maximum absolute atomic E-state index is 13.2. The molecule has 1 saturated heterocycles. The van der Waals surface area contributed by atoms with Crippen LogP contribution in [0.3, 0.4) is 0 Å². The van der Waals surface area contributed by atoms with Gasteiger partial charge in [-0.05, 0) is 35.4 Å². The number of carbonyl (C=O) groups excluding carboxylic acids is 1. The van der Waals surface area contributed by atoms with Gasteiger partial charge in [-0.2, -0.15) is 5.10 Å². The molecule has 4 rings (SSSR count). The van der Waals surface area contributed by atoms with Crippen LogP contribution in [-0.4, -0.2) is 70.4 Å². The van der Waals surface area contributed by atoms with E-state index in [1.165, 1.54) is 0 Å². The summed E-state index contributed by atoms with van der Waals surface area (Å²) in [5.41, 5.74) is 3.09. The molecule has 1 unspecified atom stereocenters. The van der Waals surface area contributed by atoms with Crippen LogP contribution >= 0.6 is 0 Å². The first-order chi connectivity index (χ1) is 16.5. The minimum absolute atomic E-state index is 0.0688. The molecule has 9 nitrogen and oxygen atoms in total. The van der Waals surface area contributed by atoms with Crippen molar-refractivity contribution in [3.05, 3.63) is 71.8 Å². The molecule has 0 N–H and O–H groups in total. The fourth-order valence-corrected chi connectivity index (χ4v) is 4.13. The van der Waals surface area contributed by atoms with Gasteiger partial charge in [0.2, 0.25) is 5.91 Å². The summed E-state index contributed by atoms with van der Waals surface area (Å²) >= 11 is 0. The number of rotatable bonds is 9. The van der Waals surface area contributed by atoms with E-state index >= 15 is 0 Å². The zero-order chi connectivity index (χ0) is 23.9. The van der Waals surface area contributed by atoms with E-state index in [2.05, 4.69) is 15.0 Å². The minimum atomic E-state index is -0.142. The number of carbonyl (C=O) groups is 1. The van der Waals surface area contributed by atoms with Crippen molar-refractivity contribution in [3.63, 3.8) is 0 Å². The number of aryl methyl sites for hydroxylation is 1. The molecule has 0 bridgehead atoms. The molecule has 1 aliphatic rings. The summed E-state index contributed by atoms with van der Waals surface area (Å²) in [4.78, 5) is 21.3. The Morgan fingerprint density at radius 3 is 2.47 bits per heavy atom. The number of pyridine rings is 1. The minimum Gasteiger partial charge on any atom is -0.493 e. The van der Waals surface area contributed by atoms with E-state index in [1.54, 1.807) is 37.5 Å². The highest BCUT2D eigenvalue weighted by atomic mass is 16.5. The van der Waals surface area contributed by atoms with Gasteiger partial charge in [-0.25, -0.2) is 0 Å². The molecular weight excluding hydrogens is 434 g/mol. The summed E-state index contributed by atoms with van der Waals surface area (Å²) in [6.07, 6.45) is 7.11. The highest BCUT2D eigenvalue weighted by Gasteiger charge is 2.29. The van der Waals surface area contributed by atoms with Gasteiger partial charge in [0.05, 0.1) is 39.7 Å². The van der Waals surface area contributed by atoms with Crippen molar-refractivity contribution >= 4 is 5.91 Å². The Balaban J connectivity index is 1.50. The fourth-order valence-electron chi connectivity index (χ4n) is 4.13.